The van der Waals surface area contributed by atoms with Gasteiger partial charge in [0, 0.05) is 18.0 Å². The molecule has 1 unspecified atom stereocenters. The van der Waals surface area contributed by atoms with Gasteiger partial charge in [0.1, 0.15) is 12.6 Å². The number of carbonyl (C=O) groups excluding carboxylic acids is 3. The maximum atomic E-state index is 12.8. The molecule has 1 aliphatic heterocycles. The summed E-state index contributed by atoms with van der Waals surface area (Å²) in [6.45, 7) is 0.943. The van der Waals surface area contributed by atoms with Crippen LogP contribution in [0.15, 0.2) is 60.7 Å². The Morgan fingerprint density at radius 3 is 2.00 bits per heavy atom. The summed E-state index contributed by atoms with van der Waals surface area (Å²) in [5.74, 6) is 1.57. The standard InChI is InChI=1S/C23H29N2O5.C9H10ClNO/c1-24-14-21(26)25(2,3)23(27)18(24)11-15-7-9-16(10-8-15)17-12-19(28-4)22(30-6)20(13-17)29-5;10-9-3-1-8(2-4-9)5-6-11-7-12/h7-10,12-13,18H,11,14H2,1-6H3;1-4,7H,5-6H2,(H,11,12)/q+1;. The lowest BCUT2D eigenvalue weighted by molar-refractivity contribution is -0.740. The van der Waals surface area contributed by atoms with Gasteiger partial charge in [-0.1, -0.05) is 48.0 Å². The number of likely N-dealkylation sites (N-methyl/N-ethyl adjacent to an activating group) is 2. The third-order valence-corrected chi connectivity index (χ3v) is 7.56. The molecular weight excluding hydrogens is 558 g/mol. The fourth-order valence-corrected chi connectivity index (χ4v) is 4.78. The van der Waals surface area contributed by atoms with Crippen molar-refractivity contribution in [2.75, 3.05) is 55.6 Å². The summed E-state index contributed by atoms with van der Waals surface area (Å²) in [5.41, 5.74) is 4.14. The van der Waals surface area contributed by atoms with Crippen molar-refractivity contribution in [2.45, 2.75) is 18.9 Å². The van der Waals surface area contributed by atoms with E-state index >= 15 is 0 Å². The lowest BCUT2D eigenvalue weighted by atomic mass is 9.97. The molecule has 1 aliphatic rings. The largest absolute Gasteiger partial charge is 0.493 e. The van der Waals surface area contributed by atoms with Gasteiger partial charge in [0.15, 0.2) is 11.5 Å². The highest BCUT2D eigenvalue weighted by Gasteiger charge is 2.47. The highest BCUT2D eigenvalue weighted by Crippen LogP contribution is 2.41. The number of benzene rings is 3. The average Bonchev–Trinajstić information content (AvgIpc) is 2.99. The van der Waals surface area contributed by atoms with Crippen molar-refractivity contribution in [1.29, 1.82) is 0 Å². The Kier molecular flexibility index (Phi) is 11.5. The average molecular weight is 597 g/mol. The van der Waals surface area contributed by atoms with Crippen LogP contribution < -0.4 is 19.5 Å². The fraction of sp³-hybridized carbons (Fsp3) is 0.344. The highest BCUT2D eigenvalue weighted by molar-refractivity contribution is 6.30. The van der Waals surface area contributed by atoms with E-state index in [4.69, 9.17) is 25.8 Å². The molecule has 0 aromatic heterocycles. The van der Waals surface area contributed by atoms with Crippen molar-refractivity contribution in [3.63, 3.8) is 0 Å². The van der Waals surface area contributed by atoms with Gasteiger partial charge in [-0.25, -0.2) is 14.1 Å². The second kappa shape index (κ2) is 14.8. The molecule has 9 nitrogen and oxygen atoms in total. The summed E-state index contributed by atoms with van der Waals surface area (Å²) in [7, 11) is 9.91. The topological polar surface area (TPSA) is 94.2 Å². The van der Waals surface area contributed by atoms with Crippen LogP contribution in [0.3, 0.4) is 0 Å². The predicted molar refractivity (Wildman–Crippen MR) is 163 cm³/mol. The monoisotopic (exact) mass is 596 g/mol. The molecule has 0 radical (unpaired) electrons. The number of carbonyl (C=O) groups is 3. The number of quaternary nitrogens is 1. The first-order valence-corrected chi connectivity index (χ1v) is 13.9. The van der Waals surface area contributed by atoms with Crippen LogP contribution in [0.4, 0.5) is 0 Å². The van der Waals surface area contributed by atoms with Crippen molar-refractivity contribution >= 4 is 29.8 Å². The van der Waals surface area contributed by atoms with Crippen molar-refractivity contribution in [1.82, 2.24) is 10.2 Å². The van der Waals surface area contributed by atoms with E-state index < -0.39 is 0 Å². The number of nitrogens with zero attached hydrogens (tertiary/aromatic N) is 2. The Morgan fingerprint density at radius 1 is 0.905 bits per heavy atom. The van der Waals surface area contributed by atoms with Crippen LogP contribution in [-0.2, 0) is 27.2 Å². The van der Waals surface area contributed by atoms with Crippen LogP contribution in [-0.4, -0.2) is 89.2 Å². The molecule has 3 amide bonds. The Balaban J connectivity index is 0.000000337. The molecule has 0 spiro atoms. The molecule has 0 saturated carbocycles. The fourth-order valence-electron chi connectivity index (χ4n) is 4.66. The molecule has 1 atom stereocenters. The number of hydrogen-bond acceptors (Lipinski definition) is 7. The van der Waals surface area contributed by atoms with E-state index in [9.17, 15) is 14.4 Å². The van der Waals surface area contributed by atoms with Crippen molar-refractivity contribution < 1.29 is 33.1 Å². The van der Waals surface area contributed by atoms with Gasteiger partial charge in [-0.15, -0.1) is 0 Å². The van der Waals surface area contributed by atoms with Gasteiger partial charge in [-0.05, 0) is 60.0 Å². The van der Waals surface area contributed by atoms with Crippen molar-refractivity contribution in [2.24, 2.45) is 0 Å². The molecule has 1 N–H and O–H groups in total. The summed E-state index contributed by atoms with van der Waals surface area (Å²) >= 11 is 5.70. The van der Waals surface area contributed by atoms with E-state index in [0.29, 0.717) is 36.6 Å². The summed E-state index contributed by atoms with van der Waals surface area (Å²) in [5, 5.41) is 3.34. The third kappa shape index (κ3) is 7.88. The quantitative estimate of drug-likeness (QED) is 0.164. The van der Waals surface area contributed by atoms with E-state index in [-0.39, 0.29) is 28.9 Å². The molecule has 0 aliphatic carbocycles. The molecule has 1 fully saturated rings. The zero-order valence-electron chi connectivity index (χ0n) is 25.0. The van der Waals surface area contributed by atoms with Gasteiger partial charge in [0.2, 0.25) is 12.2 Å². The van der Waals surface area contributed by atoms with Gasteiger partial charge in [0.25, 0.3) is 0 Å². The van der Waals surface area contributed by atoms with Gasteiger partial charge >= 0.3 is 11.8 Å². The molecule has 1 saturated heterocycles. The molecule has 4 rings (SSSR count). The van der Waals surface area contributed by atoms with E-state index in [2.05, 4.69) is 5.32 Å². The minimum absolute atomic E-state index is 0.0811. The summed E-state index contributed by atoms with van der Waals surface area (Å²) in [6.07, 6.45) is 2.10. The number of halogens is 1. The van der Waals surface area contributed by atoms with Crippen LogP contribution in [0.2, 0.25) is 5.02 Å². The lowest BCUT2D eigenvalue weighted by Crippen LogP contribution is -2.66. The number of piperazine rings is 1. The van der Waals surface area contributed by atoms with Gasteiger partial charge in [-0.2, -0.15) is 0 Å². The van der Waals surface area contributed by atoms with E-state index in [1.54, 1.807) is 35.4 Å². The maximum Gasteiger partial charge on any atom is 0.338 e. The molecule has 1 heterocycles. The molecule has 42 heavy (non-hydrogen) atoms. The minimum atomic E-state index is -0.329. The number of ether oxygens (including phenoxy) is 3. The van der Waals surface area contributed by atoms with Crippen LogP contribution in [0.5, 0.6) is 17.2 Å². The minimum Gasteiger partial charge on any atom is -0.493 e. The number of rotatable bonds is 10. The lowest BCUT2D eigenvalue weighted by Gasteiger charge is -2.38. The highest BCUT2D eigenvalue weighted by atomic mass is 35.5. The zero-order chi connectivity index (χ0) is 30.9. The summed E-state index contributed by atoms with van der Waals surface area (Å²) in [4.78, 5) is 36.8. The maximum absolute atomic E-state index is 12.8. The smallest absolute Gasteiger partial charge is 0.338 e. The van der Waals surface area contributed by atoms with E-state index in [1.165, 1.54) is 5.56 Å². The number of hydrogen-bond donors (Lipinski definition) is 1. The number of amides is 3. The molecule has 10 heteroatoms. The van der Waals surface area contributed by atoms with Crippen LogP contribution in [0.25, 0.3) is 11.1 Å². The van der Waals surface area contributed by atoms with E-state index in [1.807, 2.05) is 72.6 Å². The van der Waals surface area contributed by atoms with Gasteiger partial charge in [0.05, 0.1) is 35.4 Å². The van der Waals surface area contributed by atoms with Crippen LogP contribution >= 0.6 is 11.6 Å². The van der Waals surface area contributed by atoms with Gasteiger partial charge in [-0.3, -0.25) is 9.69 Å². The Hall–Kier alpha value is -3.92. The Morgan fingerprint density at radius 2 is 1.48 bits per heavy atom. The van der Waals surface area contributed by atoms with Crippen LogP contribution in [0, 0.1) is 0 Å². The molecular formula is C32H39ClN3O6+. The van der Waals surface area contributed by atoms with E-state index in [0.717, 1.165) is 28.1 Å². The number of methoxy groups -OCH3 is 3. The Labute approximate surface area is 252 Å². The first-order chi connectivity index (χ1) is 20.0. The van der Waals surface area contributed by atoms with Crippen LogP contribution in [0.1, 0.15) is 11.1 Å². The number of imide groups is 1. The van der Waals surface area contributed by atoms with Crippen molar-refractivity contribution in [3.8, 4) is 28.4 Å². The normalized spacial score (nSPS) is 16.2. The second-order valence-corrected chi connectivity index (χ2v) is 10.8. The molecule has 3 aromatic rings. The molecule has 3 aromatic carbocycles. The molecule has 0 bridgehead atoms. The van der Waals surface area contributed by atoms with Crippen molar-refractivity contribution in [3.05, 3.63) is 76.8 Å². The SMILES string of the molecule is COc1cc(-c2ccc(CC3C(=O)[N+](C)(C)C(=O)CN3C)cc2)cc(OC)c1OC.O=CNCCc1ccc(Cl)cc1. The second-order valence-electron chi connectivity index (χ2n) is 10.4. The van der Waals surface area contributed by atoms with Gasteiger partial charge < -0.3 is 19.5 Å². The first kappa shape index (κ1) is 32.6. The third-order valence-electron chi connectivity index (χ3n) is 7.31. The summed E-state index contributed by atoms with van der Waals surface area (Å²) in [6, 6.07) is 19.1. The molecule has 224 valence electrons. The zero-order valence-corrected chi connectivity index (χ0v) is 25.7. The number of nitrogens with one attached hydrogen (secondary N) is 1. The summed E-state index contributed by atoms with van der Waals surface area (Å²) < 4.78 is 16.1. The first-order valence-electron chi connectivity index (χ1n) is 13.5. The Bertz CT molecular complexity index is 1350. The predicted octanol–water partition coefficient (Wildman–Crippen LogP) is 3.99.